The molecule has 1 fully saturated rings. The molecule has 138 valence electrons. The molecule has 0 unspecified atom stereocenters. The van der Waals surface area contributed by atoms with Crippen molar-refractivity contribution < 1.29 is 22.3 Å². The highest BCUT2D eigenvalue weighted by Crippen LogP contribution is 2.21. The average Bonchev–Trinajstić information content (AvgIpc) is 2.63. The minimum Gasteiger partial charge on any atom is -0.378 e. The number of halogens is 1. The van der Waals surface area contributed by atoms with Crippen molar-refractivity contribution in [1.82, 2.24) is 0 Å². The van der Waals surface area contributed by atoms with E-state index in [1.54, 1.807) is 12.1 Å². The van der Waals surface area contributed by atoms with Gasteiger partial charge in [-0.25, -0.2) is 12.8 Å². The third kappa shape index (κ3) is 4.20. The molecule has 6 nitrogen and oxygen atoms in total. The van der Waals surface area contributed by atoms with Gasteiger partial charge in [0.2, 0.25) is 0 Å². The molecular formula is C18H19FN2O4S. The van der Waals surface area contributed by atoms with E-state index in [0.29, 0.717) is 18.8 Å². The van der Waals surface area contributed by atoms with Crippen molar-refractivity contribution in [3.8, 4) is 0 Å². The fraction of sp³-hybridized carbons (Fsp3) is 0.278. The highest BCUT2D eigenvalue weighted by molar-refractivity contribution is 7.90. The zero-order valence-corrected chi connectivity index (χ0v) is 15.1. The van der Waals surface area contributed by atoms with E-state index in [1.807, 2.05) is 12.1 Å². The predicted octanol–water partition coefficient (Wildman–Crippen LogP) is 2.32. The second-order valence-corrected chi connectivity index (χ2v) is 8.03. The normalized spacial score (nSPS) is 14.9. The van der Waals surface area contributed by atoms with Gasteiger partial charge in [0.25, 0.3) is 5.91 Å². The molecule has 1 aliphatic rings. The molecule has 1 N–H and O–H groups in total. The molecule has 1 heterocycles. The molecule has 1 aliphatic heterocycles. The van der Waals surface area contributed by atoms with Gasteiger partial charge < -0.3 is 15.0 Å². The number of rotatable bonds is 4. The maximum Gasteiger partial charge on any atom is 0.255 e. The Balaban J connectivity index is 1.76. The van der Waals surface area contributed by atoms with Crippen LogP contribution < -0.4 is 10.2 Å². The Bertz CT molecular complexity index is 907. The number of sulfone groups is 1. The monoisotopic (exact) mass is 378 g/mol. The molecule has 0 radical (unpaired) electrons. The van der Waals surface area contributed by atoms with Crippen molar-refractivity contribution in [2.24, 2.45) is 0 Å². The largest absolute Gasteiger partial charge is 0.378 e. The Labute approximate surface area is 151 Å². The van der Waals surface area contributed by atoms with Crippen molar-refractivity contribution in [3.63, 3.8) is 0 Å². The van der Waals surface area contributed by atoms with Crippen molar-refractivity contribution in [2.45, 2.75) is 4.90 Å². The molecule has 8 heteroatoms. The van der Waals surface area contributed by atoms with Gasteiger partial charge in [-0.05, 0) is 42.5 Å². The lowest BCUT2D eigenvalue weighted by molar-refractivity contribution is 0.102. The second-order valence-electron chi connectivity index (χ2n) is 6.01. The Hall–Kier alpha value is -2.45. The summed E-state index contributed by atoms with van der Waals surface area (Å²) >= 11 is 0. The fourth-order valence-electron chi connectivity index (χ4n) is 2.67. The van der Waals surface area contributed by atoms with Crippen LogP contribution in [0.3, 0.4) is 0 Å². The lowest BCUT2D eigenvalue weighted by atomic mass is 10.1. The molecule has 0 atom stereocenters. The number of amides is 1. The molecule has 0 spiro atoms. The molecule has 3 rings (SSSR count). The van der Waals surface area contributed by atoms with E-state index in [0.717, 1.165) is 43.2 Å². The highest BCUT2D eigenvalue weighted by atomic mass is 32.2. The van der Waals surface area contributed by atoms with E-state index < -0.39 is 21.6 Å². The van der Waals surface area contributed by atoms with Crippen molar-refractivity contribution in [3.05, 3.63) is 53.8 Å². The van der Waals surface area contributed by atoms with Crippen LogP contribution in [0.5, 0.6) is 0 Å². The van der Waals surface area contributed by atoms with E-state index in [2.05, 4.69) is 10.2 Å². The standard InChI is InChI=1S/C18H19FN2O4S/c1-26(23,24)15-6-7-16(19)17(12-15)20-18(22)13-2-4-14(5-3-13)21-8-10-25-11-9-21/h2-7,12H,8-11H2,1H3,(H,20,22). The second kappa shape index (κ2) is 7.43. The first-order valence-electron chi connectivity index (χ1n) is 8.08. The van der Waals surface area contributed by atoms with Gasteiger partial charge in [0.05, 0.1) is 23.8 Å². The number of hydrogen-bond acceptors (Lipinski definition) is 5. The van der Waals surface area contributed by atoms with E-state index in [1.165, 1.54) is 0 Å². The van der Waals surface area contributed by atoms with Crippen LogP contribution in [0, 0.1) is 5.82 Å². The summed E-state index contributed by atoms with van der Waals surface area (Å²) in [6, 6.07) is 10.2. The molecule has 1 saturated heterocycles. The maximum atomic E-state index is 13.9. The van der Waals surface area contributed by atoms with Gasteiger partial charge in [-0.2, -0.15) is 0 Å². The molecule has 2 aromatic rings. The summed E-state index contributed by atoms with van der Waals surface area (Å²) in [4.78, 5) is 14.4. The van der Waals surface area contributed by atoms with E-state index in [4.69, 9.17) is 4.74 Å². The quantitative estimate of drug-likeness (QED) is 0.827. The SMILES string of the molecule is CS(=O)(=O)c1ccc(F)c(NC(=O)c2ccc(N3CCOCC3)cc2)c1. The summed E-state index contributed by atoms with van der Waals surface area (Å²) in [5.74, 6) is -1.21. The van der Waals surface area contributed by atoms with Gasteiger partial charge in [-0.3, -0.25) is 4.79 Å². The number of ether oxygens (including phenoxy) is 1. The van der Waals surface area contributed by atoms with Crippen LogP contribution in [0.15, 0.2) is 47.4 Å². The van der Waals surface area contributed by atoms with Crippen LogP contribution in [-0.2, 0) is 14.6 Å². The maximum absolute atomic E-state index is 13.9. The number of carbonyl (C=O) groups excluding carboxylic acids is 1. The van der Waals surface area contributed by atoms with Crippen LogP contribution >= 0.6 is 0 Å². The summed E-state index contributed by atoms with van der Waals surface area (Å²) < 4.78 is 42.4. The minimum atomic E-state index is -3.49. The van der Waals surface area contributed by atoms with E-state index in [9.17, 15) is 17.6 Å². The summed E-state index contributed by atoms with van der Waals surface area (Å²) in [5, 5.41) is 2.43. The van der Waals surface area contributed by atoms with Crippen molar-refractivity contribution in [1.29, 1.82) is 0 Å². The first kappa shape index (κ1) is 18.3. The average molecular weight is 378 g/mol. The van der Waals surface area contributed by atoms with Crippen molar-refractivity contribution >= 4 is 27.1 Å². The third-order valence-corrected chi connectivity index (χ3v) is 5.23. The molecule has 26 heavy (non-hydrogen) atoms. The summed E-state index contributed by atoms with van der Waals surface area (Å²) in [7, 11) is -3.49. The first-order valence-corrected chi connectivity index (χ1v) is 9.97. The van der Waals surface area contributed by atoms with Crippen LogP contribution in [0.4, 0.5) is 15.8 Å². The number of morpholine rings is 1. The third-order valence-electron chi connectivity index (χ3n) is 4.12. The lowest BCUT2D eigenvalue weighted by Gasteiger charge is -2.28. The molecule has 0 aromatic heterocycles. The summed E-state index contributed by atoms with van der Waals surface area (Å²) in [5.41, 5.74) is 1.16. The summed E-state index contributed by atoms with van der Waals surface area (Å²) in [6.07, 6.45) is 1.02. The first-order chi connectivity index (χ1) is 12.3. The topological polar surface area (TPSA) is 75.7 Å². The van der Waals surface area contributed by atoms with Gasteiger partial charge in [0, 0.05) is 30.6 Å². The number of carbonyl (C=O) groups is 1. The number of benzene rings is 2. The van der Waals surface area contributed by atoms with E-state index in [-0.39, 0.29) is 10.6 Å². The van der Waals surface area contributed by atoms with Gasteiger partial charge in [0.15, 0.2) is 9.84 Å². The van der Waals surface area contributed by atoms with Crippen molar-refractivity contribution in [2.75, 3.05) is 42.8 Å². The predicted molar refractivity (Wildman–Crippen MR) is 96.9 cm³/mol. The van der Waals surface area contributed by atoms with Crippen LogP contribution in [0.25, 0.3) is 0 Å². The van der Waals surface area contributed by atoms with Gasteiger partial charge >= 0.3 is 0 Å². The Morgan fingerprint density at radius 3 is 2.38 bits per heavy atom. The molecule has 0 aliphatic carbocycles. The number of hydrogen-bond donors (Lipinski definition) is 1. The zero-order valence-electron chi connectivity index (χ0n) is 14.2. The minimum absolute atomic E-state index is 0.0585. The Morgan fingerprint density at radius 1 is 1.12 bits per heavy atom. The number of nitrogens with zero attached hydrogens (tertiary/aromatic N) is 1. The lowest BCUT2D eigenvalue weighted by Crippen LogP contribution is -2.36. The molecule has 0 bridgehead atoms. The number of nitrogens with one attached hydrogen (secondary N) is 1. The van der Waals surface area contributed by atoms with Crippen LogP contribution in [0.1, 0.15) is 10.4 Å². The van der Waals surface area contributed by atoms with Gasteiger partial charge in [0.1, 0.15) is 5.82 Å². The zero-order chi connectivity index (χ0) is 18.7. The molecule has 2 aromatic carbocycles. The molecule has 0 saturated carbocycles. The Kier molecular flexibility index (Phi) is 5.24. The summed E-state index contributed by atoms with van der Waals surface area (Å²) in [6.45, 7) is 2.90. The van der Waals surface area contributed by atoms with Gasteiger partial charge in [-0.1, -0.05) is 0 Å². The number of anilines is 2. The fourth-order valence-corrected chi connectivity index (χ4v) is 3.32. The highest BCUT2D eigenvalue weighted by Gasteiger charge is 2.15. The van der Waals surface area contributed by atoms with E-state index >= 15 is 0 Å². The molecular weight excluding hydrogens is 359 g/mol. The van der Waals surface area contributed by atoms with Crippen LogP contribution in [0.2, 0.25) is 0 Å². The van der Waals surface area contributed by atoms with Crippen LogP contribution in [-0.4, -0.2) is 46.9 Å². The molecule has 1 amide bonds. The Morgan fingerprint density at radius 2 is 1.77 bits per heavy atom. The van der Waals surface area contributed by atoms with Gasteiger partial charge in [-0.15, -0.1) is 0 Å². The smallest absolute Gasteiger partial charge is 0.255 e.